The lowest BCUT2D eigenvalue weighted by atomic mass is 9.89. The number of benzene rings is 9. The zero-order valence-corrected chi connectivity index (χ0v) is 33.5. The number of allylic oxidation sites excluding steroid dienone is 2. The molecule has 9 aromatic carbocycles. The molecule has 0 fully saturated rings. The maximum absolute atomic E-state index is 2.49. The molecule has 288 valence electrons. The number of nitrogens with zero attached hydrogens (tertiary/aromatic N) is 3. The van der Waals surface area contributed by atoms with E-state index in [1.165, 1.54) is 71.8 Å². The highest BCUT2D eigenvalue weighted by Gasteiger charge is 2.37. The van der Waals surface area contributed by atoms with E-state index in [-0.39, 0.29) is 6.04 Å². The van der Waals surface area contributed by atoms with Crippen molar-refractivity contribution < 1.29 is 0 Å². The molecule has 0 bridgehead atoms. The Balaban J connectivity index is 0.923. The Hall–Kier alpha value is -7.88. The second kappa shape index (κ2) is 14.4. The number of hydrogen-bond acceptors (Lipinski definition) is 2. The Bertz CT molecular complexity index is 3300. The van der Waals surface area contributed by atoms with Crippen molar-refractivity contribution in [2.24, 2.45) is 0 Å². The highest BCUT2D eigenvalue weighted by atomic mass is 15.2. The monoisotopic (exact) mass is 779 g/mol. The fourth-order valence-electron chi connectivity index (χ4n) is 9.85. The van der Waals surface area contributed by atoms with Crippen LogP contribution >= 0.6 is 0 Å². The standard InChI is InChI=1S/C58H41N3/c1-3-16-45(17-4-1)60-56-24-12-10-22-51(56)53-38-43(31-37-57(53)60)40-26-32-47(33-27-40)59(54-25-13-15-42-14-7-8-20-49(42)54)48-34-28-41(29-35-48)44-30-36-52-50-21-9-11-23-55(50)61(58(52)39-44)46-18-5-2-6-19-46/h1-39,51,56H. The summed E-state index contributed by atoms with van der Waals surface area (Å²) in [5.74, 6) is 0.306. The highest BCUT2D eigenvalue weighted by Crippen LogP contribution is 2.49. The van der Waals surface area contributed by atoms with Gasteiger partial charge in [-0.15, -0.1) is 0 Å². The van der Waals surface area contributed by atoms with E-state index in [4.69, 9.17) is 0 Å². The Morgan fingerprint density at radius 2 is 0.967 bits per heavy atom. The molecule has 2 aliphatic rings. The molecule has 0 radical (unpaired) electrons. The average molecular weight is 780 g/mol. The van der Waals surface area contributed by atoms with Crippen LogP contribution in [-0.4, -0.2) is 10.6 Å². The van der Waals surface area contributed by atoms with Gasteiger partial charge in [0.25, 0.3) is 0 Å². The minimum atomic E-state index is 0.268. The lowest BCUT2D eigenvalue weighted by molar-refractivity contribution is 0.745. The summed E-state index contributed by atoms with van der Waals surface area (Å²) in [7, 11) is 0. The Morgan fingerprint density at radius 3 is 1.72 bits per heavy atom. The lowest BCUT2D eigenvalue weighted by Gasteiger charge is -2.28. The van der Waals surface area contributed by atoms with Crippen molar-refractivity contribution in [2.45, 2.75) is 12.0 Å². The number of aromatic nitrogens is 1. The molecule has 2 atom stereocenters. The molecule has 0 amide bonds. The first-order valence-corrected chi connectivity index (χ1v) is 21.2. The van der Waals surface area contributed by atoms with Crippen molar-refractivity contribution in [3.63, 3.8) is 0 Å². The van der Waals surface area contributed by atoms with Gasteiger partial charge >= 0.3 is 0 Å². The molecule has 1 aliphatic heterocycles. The maximum Gasteiger partial charge on any atom is 0.0629 e. The molecule has 12 rings (SSSR count). The molecule has 0 saturated heterocycles. The molecular formula is C58H41N3. The van der Waals surface area contributed by atoms with Gasteiger partial charge in [0, 0.05) is 50.5 Å². The first-order chi connectivity index (χ1) is 30.3. The van der Waals surface area contributed by atoms with Crippen LogP contribution in [0.25, 0.3) is 60.5 Å². The Morgan fingerprint density at radius 1 is 0.393 bits per heavy atom. The van der Waals surface area contributed by atoms with Gasteiger partial charge in [0.1, 0.15) is 0 Å². The van der Waals surface area contributed by atoms with Gasteiger partial charge in [0.15, 0.2) is 0 Å². The fraction of sp³-hybridized carbons (Fsp3) is 0.0345. The molecule has 2 heterocycles. The first kappa shape index (κ1) is 35.1. The van der Waals surface area contributed by atoms with Crippen LogP contribution < -0.4 is 9.80 Å². The van der Waals surface area contributed by atoms with Crippen molar-refractivity contribution in [2.75, 3.05) is 9.80 Å². The molecule has 61 heavy (non-hydrogen) atoms. The van der Waals surface area contributed by atoms with Crippen molar-refractivity contribution in [1.82, 2.24) is 4.57 Å². The van der Waals surface area contributed by atoms with E-state index in [0.717, 1.165) is 22.7 Å². The van der Waals surface area contributed by atoms with E-state index in [0.29, 0.717) is 5.92 Å². The van der Waals surface area contributed by atoms with Crippen molar-refractivity contribution in [3.05, 3.63) is 242 Å². The third-order valence-electron chi connectivity index (χ3n) is 12.7. The van der Waals surface area contributed by atoms with Crippen LogP contribution in [-0.2, 0) is 0 Å². The van der Waals surface area contributed by atoms with E-state index >= 15 is 0 Å². The average Bonchev–Trinajstić information content (AvgIpc) is 3.85. The van der Waals surface area contributed by atoms with Crippen LogP contribution in [0.1, 0.15) is 11.5 Å². The first-order valence-electron chi connectivity index (χ1n) is 21.2. The van der Waals surface area contributed by atoms with Crippen LogP contribution in [0.2, 0.25) is 0 Å². The topological polar surface area (TPSA) is 11.4 Å². The second-order valence-electron chi connectivity index (χ2n) is 16.1. The van der Waals surface area contributed by atoms with E-state index in [1.54, 1.807) is 0 Å². The molecular weight excluding hydrogens is 739 g/mol. The number of hydrogen-bond donors (Lipinski definition) is 0. The van der Waals surface area contributed by atoms with E-state index in [2.05, 4.69) is 251 Å². The van der Waals surface area contributed by atoms with Crippen LogP contribution in [0.4, 0.5) is 28.4 Å². The van der Waals surface area contributed by atoms with Crippen molar-refractivity contribution in [1.29, 1.82) is 0 Å². The molecule has 0 N–H and O–H groups in total. The van der Waals surface area contributed by atoms with Gasteiger partial charge in [-0.2, -0.15) is 0 Å². The van der Waals surface area contributed by atoms with E-state index < -0.39 is 0 Å². The summed E-state index contributed by atoms with van der Waals surface area (Å²) in [5, 5.41) is 4.95. The predicted octanol–water partition coefficient (Wildman–Crippen LogP) is 15.5. The van der Waals surface area contributed by atoms with Crippen molar-refractivity contribution in [3.8, 4) is 27.9 Å². The number of fused-ring (bicyclic) bond motifs is 7. The van der Waals surface area contributed by atoms with Gasteiger partial charge in [-0.25, -0.2) is 0 Å². The zero-order chi connectivity index (χ0) is 40.3. The minimum Gasteiger partial charge on any atom is -0.333 e. The molecule has 3 nitrogen and oxygen atoms in total. The number of para-hydroxylation sites is 3. The van der Waals surface area contributed by atoms with Crippen LogP contribution in [0.3, 0.4) is 0 Å². The van der Waals surface area contributed by atoms with E-state index in [1.807, 2.05) is 0 Å². The number of rotatable bonds is 7. The summed E-state index contributed by atoms with van der Waals surface area (Å²) in [5.41, 5.74) is 15.6. The summed E-state index contributed by atoms with van der Waals surface area (Å²) in [4.78, 5) is 4.89. The lowest BCUT2D eigenvalue weighted by Crippen LogP contribution is -2.28. The normalized spacial score (nSPS) is 15.4. The van der Waals surface area contributed by atoms with Crippen LogP contribution in [0.15, 0.2) is 237 Å². The summed E-state index contributed by atoms with van der Waals surface area (Å²) < 4.78 is 2.39. The molecule has 10 aromatic rings. The molecule has 0 saturated carbocycles. The Labute approximate surface area is 356 Å². The molecule has 3 heteroatoms. The fourth-order valence-corrected chi connectivity index (χ4v) is 9.85. The third kappa shape index (κ3) is 5.89. The van der Waals surface area contributed by atoms with Crippen molar-refractivity contribution >= 4 is 61.0 Å². The van der Waals surface area contributed by atoms with Gasteiger partial charge < -0.3 is 14.4 Å². The summed E-state index contributed by atoms with van der Waals surface area (Å²) in [6, 6.07) is 77.8. The van der Waals surface area contributed by atoms with E-state index in [9.17, 15) is 0 Å². The predicted molar refractivity (Wildman–Crippen MR) is 257 cm³/mol. The smallest absolute Gasteiger partial charge is 0.0629 e. The maximum atomic E-state index is 2.49. The quantitative estimate of drug-likeness (QED) is 0.160. The van der Waals surface area contributed by atoms with Gasteiger partial charge in [-0.05, 0) is 112 Å². The second-order valence-corrected chi connectivity index (χ2v) is 16.1. The van der Waals surface area contributed by atoms with Gasteiger partial charge in [-0.3, -0.25) is 0 Å². The zero-order valence-electron chi connectivity index (χ0n) is 33.5. The molecule has 1 aliphatic carbocycles. The Kier molecular flexibility index (Phi) is 8.31. The third-order valence-corrected chi connectivity index (χ3v) is 12.7. The highest BCUT2D eigenvalue weighted by molar-refractivity contribution is 6.10. The minimum absolute atomic E-state index is 0.268. The summed E-state index contributed by atoms with van der Waals surface area (Å²) in [6.45, 7) is 0. The van der Waals surface area contributed by atoms with Crippen LogP contribution in [0.5, 0.6) is 0 Å². The number of anilines is 5. The summed E-state index contributed by atoms with van der Waals surface area (Å²) in [6.07, 6.45) is 9.07. The van der Waals surface area contributed by atoms with Crippen LogP contribution in [0, 0.1) is 0 Å². The van der Waals surface area contributed by atoms with Gasteiger partial charge in [0.2, 0.25) is 0 Å². The van der Waals surface area contributed by atoms with Gasteiger partial charge in [-0.1, -0.05) is 158 Å². The largest absolute Gasteiger partial charge is 0.333 e. The molecule has 0 spiro atoms. The molecule has 1 aromatic heterocycles. The molecule has 2 unspecified atom stereocenters. The SMILES string of the molecule is C1=CC2c3cc(-c4ccc(N(c5ccc(-c6ccc7c8ccccc8n(-c8ccccc8)c7c6)cc5)c5cccc6ccccc56)cc4)ccc3N(c3ccccc3)C2C=C1. The summed E-state index contributed by atoms with van der Waals surface area (Å²) >= 11 is 0. The van der Waals surface area contributed by atoms with Gasteiger partial charge in [0.05, 0.1) is 22.8 Å².